The minimum atomic E-state index is -0.416. The summed E-state index contributed by atoms with van der Waals surface area (Å²) in [5.41, 5.74) is 0.351. The predicted octanol–water partition coefficient (Wildman–Crippen LogP) is 3.14. The van der Waals surface area contributed by atoms with Crippen molar-refractivity contribution in [1.29, 1.82) is 0 Å². The Morgan fingerprint density at radius 3 is 2.23 bits per heavy atom. The van der Waals surface area contributed by atoms with Gasteiger partial charge in [-0.2, -0.15) is 0 Å². The fourth-order valence-corrected chi connectivity index (χ4v) is 3.29. The Morgan fingerprint density at radius 2 is 1.58 bits per heavy atom. The Labute approximate surface area is 157 Å². The van der Waals surface area contributed by atoms with E-state index in [1.54, 1.807) is 9.91 Å². The summed E-state index contributed by atoms with van der Waals surface area (Å²) in [5.74, 6) is 6.24. The van der Waals surface area contributed by atoms with Gasteiger partial charge in [0.2, 0.25) is 5.91 Å². The van der Waals surface area contributed by atoms with Crippen LogP contribution < -0.4 is 5.84 Å². The monoisotopic (exact) mass is 359 g/mol. The molecule has 0 aromatic heterocycles. The highest BCUT2D eigenvalue weighted by atomic mass is 16.2. The molecule has 1 aromatic carbocycles. The number of hydrogen-bond donors (Lipinski definition) is 1. The Bertz CT molecular complexity index is 625. The molecule has 1 aromatic rings. The Hall–Kier alpha value is -1.72. The fraction of sp³-hybridized carbons (Fsp3) is 0.619. The first kappa shape index (κ1) is 20.6. The summed E-state index contributed by atoms with van der Waals surface area (Å²) >= 11 is 0. The number of carbonyl (C=O) groups excluding carboxylic acids is 2. The Kier molecular flexibility index (Phi) is 6.58. The Morgan fingerprint density at radius 1 is 0.962 bits per heavy atom. The molecule has 5 heteroatoms. The van der Waals surface area contributed by atoms with Gasteiger partial charge in [-0.25, -0.2) is 5.01 Å². The van der Waals surface area contributed by atoms with Crippen molar-refractivity contribution in [3.05, 3.63) is 35.9 Å². The molecule has 1 fully saturated rings. The van der Waals surface area contributed by atoms with Crippen LogP contribution in [0.2, 0.25) is 0 Å². The highest BCUT2D eigenvalue weighted by Gasteiger charge is 2.33. The molecule has 0 bridgehead atoms. The van der Waals surface area contributed by atoms with E-state index in [-0.39, 0.29) is 30.3 Å². The minimum Gasteiger partial charge on any atom is -0.330 e. The second-order valence-corrected chi connectivity index (χ2v) is 8.69. The van der Waals surface area contributed by atoms with E-state index in [1.807, 2.05) is 44.2 Å². The van der Waals surface area contributed by atoms with Crippen molar-refractivity contribution in [2.45, 2.75) is 65.5 Å². The molecule has 0 unspecified atom stereocenters. The van der Waals surface area contributed by atoms with Gasteiger partial charge in [-0.1, -0.05) is 57.0 Å². The number of carbonyl (C=O) groups is 2. The van der Waals surface area contributed by atoms with Crippen molar-refractivity contribution < 1.29 is 9.59 Å². The molecule has 26 heavy (non-hydrogen) atoms. The normalized spacial score (nSPS) is 22.6. The molecule has 0 radical (unpaired) electrons. The summed E-state index contributed by atoms with van der Waals surface area (Å²) in [7, 11) is 0. The third kappa shape index (κ3) is 5.39. The molecule has 144 valence electrons. The van der Waals surface area contributed by atoms with Gasteiger partial charge in [0.05, 0.1) is 13.1 Å². The smallest absolute Gasteiger partial charge is 0.238 e. The molecular weight excluding hydrogens is 326 g/mol. The maximum atomic E-state index is 12.9. The van der Waals surface area contributed by atoms with E-state index in [1.165, 1.54) is 0 Å². The van der Waals surface area contributed by atoms with E-state index in [0.29, 0.717) is 6.54 Å². The van der Waals surface area contributed by atoms with E-state index in [2.05, 4.69) is 13.8 Å². The van der Waals surface area contributed by atoms with Crippen molar-refractivity contribution in [1.82, 2.24) is 9.91 Å². The van der Waals surface area contributed by atoms with Gasteiger partial charge in [0.1, 0.15) is 0 Å². The van der Waals surface area contributed by atoms with Gasteiger partial charge in [-0.05, 0) is 32.3 Å². The van der Waals surface area contributed by atoms with Crippen LogP contribution in [-0.4, -0.2) is 40.2 Å². The number of hydrazine groups is 1. The molecular formula is C21H33N3O2. The van der Waals surface area contributed by atoms with Crippen molar-refractivity contribution in [2.75, 3.05) is 13.1 Å². The SMILES string of the molecule is CC1(C)CCCCC(C)(C)N(N)CC(=O)N(Cc2ccccc2)CC1=O. The van der Waals surface area contributed by atoms with Crippen LogP contribution in [0, 0.1) is 5.41 Å². The quantitative estimate of drug-likeness (QED) is 0.824. The third-order valence-corrected chi connectivity index (χ3v) is 5.58. The van der Waals surface area contributed by atoms with Crippen LogP contribution in [0.4, 0.5) is 0 Å². The zero-order valence-corrected chi connectivity index (χ0v) is 16.6. The molecule has 0 spiro atoms. The van der Waals surface area contributed by atoms with Crippen molar-refractivity contribution in [2.24, 2.45) is 11.3 Å². The maximum Gasteiger partial charge on any atom is 0.238 e. The first-order valence-corrected chi connectivity index (χ1v) is 9.49. The standard InChI is InChI=1S/C21H33N3O2/c1-20(2)12-8-9-13-21(3,4)24(22)16-19(26)23(15-18(20)25)14-17-10-6-5-7-11-17/h5-7,10-11H,8-9,12-16,22H2,1-4H3. The van der Waals surface area contributed by atoms with Crippen LogP contribution in [-0.2, 0) is 16.1 Å². The first-order chi connectivity index (χ1) is 12.1. The summed E-state index contributed by atoms with van der Waals surface area (Å²) in [5, 5.41) is 1.63. The van der Waals surface area contributed by atoms with Crippen LogP contribution in [0.3, 0.4) is 0 Å². The molecule has 1 heterocycles. The summed E-state index contributed by atoms with van der Waals surface area (Å²) in [4.78, 5) is 27.5. The summed E-state index contributed by atoms with van der Waals surface area (Å²) in [6, 6.07) is 9.78. The molecule has 0 aliphatic carbocycles. The molecule has 1 amide bonds. The highest BCUT2D eigenvalue weighted by Crippen LogP contribution is 2.28. The number of Topliss-reactive ketones (excluding diaryl/α,β-unsaturated/α-hetero) is 1. The molecule has 2 N–H and O–H groups in total. The van der Waals surface area contributed by atoms with E-state index in [0.717, 1.165) is 31.2 Å². The lowest BCUT2D eigenvalue weighted by Crippen LogP contribution is -2.54. The number of rotatable bonds is 2. The van der Waals surface area contributed by atoms with Gasteiger partial charge in [0.15, 0.2) is 5.78 Å². The van der Waals surface area contributed by atoms with Crippen molar-refractivity contribution in [3.63, 3.8) is 0 Å². The zero-order valence-electron chi connectivity index (χ0n) is 16.6. The summed E-state index contributed by atoms with van der Waals surface area (Å²) in [6.45, 7) is 8.81. The molecule has 1 saturated heterocycles. The number of ketones is 1. The fourth-order valence-electron chi connectivity index (χ4n) is 3.29. The van der Waals surface area contributed by atoms with Crippen LogP contribution in [0.25, 0.3) is 0 Å². The molecule has 0 atom stereocenters. The number of nitrogens with two attached hydrogens (primary N) is 1. The van der Waals surface area contributed by atoms with Crippen LogP contribution >= 0.6 is 0 Å². The van der Waals surface area contributed by atoms with Crippen molar-refractivity contribution in [3.8, 4) is 0 Å². The highest BCUT2D eigenvalue weighted by molar-refractivity contribution is 5.90. The van der Waals surface area contributed by atoms with Gasteiger partial charge < -0.3 is 4.90 Å². The lowest BCUT2D eigenvalue weighted by Gasteiger charge is -2.37. The van der Waals surface area contributed by atoms with Gasteiger partial charge in [0, 0.05) is 17.5 Å². The third-order valence-electron chi connectivity index (χ3n) is 5.58. The Balaban J connectivity index is 2.26. The van der Waals surface area contributed by atoms with Gasteiger partial charge >= 0.3 is 0 Å². The van der Waals surface area contributed by atoms with Crippen LogP contribution in [0.5, 0.6) is 0 Å². The molecule has 2 rings (SSSR count). The largest absolute Gasteiger partial charge is 0.330 e. The average Bonchev–Trinajstić information content (AvgIpc) is 2.58. The van der Waals surface area contributed by atoms with E-state index in [4.69, 9.17) is 5.84 Å². The lowest BCUT2D eigenvalue weighted by atomic mass is 9.81. The van der Waals surface area contributed by atoms with E-state index in [9.17, 15) is 9.59 Å². The zero-order chi connectivity index (χ0) is 19.4. The number of nitrogens with zero attached hydrogens (tertiary/aromatic N) is 2. The van der Waals surface area contributed by atoms with Gasteiger partial charge in [0.25, 0.3) is 0 Å². The van der Waals surface area contributed by atoms with Gasteiger partial charge in [-0.15, -0.1) is 0 Å². The topological polar surface area (TPSA) is 66.6 Å². The summed E-state index contributed by atoms with van der Waals surface area (Å²) < 4.78 is 0. The van der Waals surface area contributed by atoms with E-state index >= 15 is 0 Å². The number of benzene rings is 1. The average molecular weight is 360 g/mol. The molecule has 1 aliphatic rings. The maximum absolute atomic E-state index is 12.9. The second-order valence-electron chi connectivity index (χ2n) is 8.69. The second kappa shape index (κ2) is 8.31. The lowest BCUT2D eigenvalue weighted by molar-refractivity contribution is -0.141. The molecule has 1 aliphatic heterocycles. The van der Waals surface area contributed by atoms with Crippen LogP contribution in [0.15, 0.2) is 30.3 Å². The summed E-state index contributed by atoms with van der Waals surface area (Å²) in [6.07, 6.45) is 3.72. The van der Waals surface area contributed by atoms with Crippen molar-refractivity contribution >= 4 is 11.7 Å². The molecule has 5 nitrogen and oxygen atoms in total. The van der Waals surface area contributed by atoms with E-state index < -0.39 is 5.41 Å². The molecule has 0 saturated carbocycles. The number of amides is 1. The van der Waals surface area contributed by atoms with Crippen LogP contribution in [0.1, 0.15) is 58.9 Å². The number of hydrogen-bond acceptors (Lipinski definition) is 4. The minimum absolute atomic E-state index is 0.103. The van der Waals surface area contributed by atoms with Gasteiger partial charge in [-0.3, -0.25) is 15.4 Å². The predicted molar refractivity (Wildman–Crippen MR) is 104 cm³/mol. The first-order valence-electron chi connectivity index (χ1n) is 9.49.